The smallest absolute Gasteiger partial charge is 0.262 e. The van der Waals surface area contributed by atoms with Crippen molar-refractivity contribution in [3.63, 3.8) is 0 Å². The number of amides is 1. The van der Waals surface area contributed by atoms with E-state index in [0.29, 0.717) is 23.9 Å². The first kappa shape index (κ1) is 13.9. The summed E-state index contributed by atoms with van der Waals surface area (Å²) in [4.78, 5) is 11.7. The zero-order valence-electron chi connectivity index (χ0n) is 11.4. The number of rotatable bonds is 6. The van der Waals surface area contributed by atoms with E-state index in [0.717, 1.165) is 5.75 Å². The molecule has 0 bridgehead atoms. The molecule has 0 saturated carbocycles. The third-order valence-electron chi connectivity index (χ3n) is 2.41. The Bertz CT molecular complexity index is 563. The molecule has 0 aliphatic rings. The van der Waals surface area contributed by atoms with Crippen LogP contribution in [0.25, 0.3) is 0 Å². The number of nitrogens with one attached hydrogen (secondary N) is 1. The van der Waals surface area contributed by atoms with Crippen LogP contribution in [0.4, 0.5) is 5.69 Å². The van der Waals surface area contributed by atoms with Crippen LogP contribution in [0.5, 0.6) is 11.6 Å². The number of carbonyl (C=O) groups excluding carboxylic acids is 1. The minimum Gasteiger partial charge on any atom is -0.494 e. The van der Waals surface area contributed by atoms with Crippen LogP contribution in [-0.4, -0.2) is 24.3 Å². The first-order chi connectivity index (χ1) is 9.67. The van der Waals surface area contributed by atoms with E-state index in [1.165, 1.54) is 0 Å². The topological polar surface area (TPSA) is 73.6 Å². The lowest BCUT2D eigenvalue weighted by Gasteiger charge is -2.07. The van der Waals surface area contributed by atoms with Crippen molar-refractivity contribution in [2.75, 3.05) is 18.5 Å². The monoisotopic (exact) mass is 276 g/mol. The molecule has 2 rings (SSSR count). The Morgan fingerprint density at radius 3 is 2.65 bits per heavy atom. The summed E-state index contributed by atoms with van der Waals surface area (Å²) in [6.45, 7) is 4.15. The van der Waals surface area contributed by atoms with Gasteiger partial charge in [-0.05, 0) is 43.3 Å². The molecule has 1 N–H and O–H groups in total. The van der Waals surface area contributed by atoms with Gasteiger partial charge in [0.2, 0.25) is 0 Å². The van der Waals surface area contributed by atoms with Crippen LogP contribution in [0.2, 0.25) is 0 Å². The molecule has 0 atom stereocenters. The molecule has 6 nitrogen and oxygen atoms in total. The Morgan fingerprint density at radius 1 is 1.30 bits per heavy atom. The van der Waals surface area contributed by atoms with Gasteiger partial charge in [-0.15, -0.1) is 0 Å². The molecular weight excluding hydrogens is 260 g/mol. The Hall–Kier alpha value is -2.50. The molecule has 2 aromatic rings. The zero-order chi connectivity index (χ0) is 14.4. The number of hydrogen-bond acceptors (Lipinski definition) is 5. The maximum Gasteiger partial charge on any atom is 0.262 e. The summed E-state index contributed by atoms with van der Waals surface area (Å²) in [7, 11) is 0. The van der Waals surface area contributed by atoms with E-state index >= 15 is 0 Å². The highest BCUT2D eigenvalue weighted by molar-refractivity contribution is 5.91. The second-order valence-corrected chi connectivity index (χ2v) is 4.07. The Kier molecular flexibility index (Phi) is 4.60. The van der Waals surface area contributed by atoms with Crippen LogP contribution in [0.15, 0.2) is 34.9 Å². The van der Waals surface area contributed by atoms with Gasteiger partial charge < -0.3 is 19.3 Å². The second kappa shape index (κ2) is 6.60. The molecule has 1 aromatic heterocycles. The molecule has 1 amide bonds. The predicted octanol–water partition coefficient (Wildman–Crippen LogP) is 2.40. The molecule has 0 radical (unpaired) electrons. The summed E-state index contributed by atoms with van der Waals surface area (Å²) < 4.78 is 15.3. The van der Waals surface area contributed by atoms with Crippen LogP contribution in [0, 0.1) is 6.92 Å². The van der Waals surface area contributed by atoms with Crippen LogP contribution >= 0.6 is 0 Å². The van der Waals surface area contributed by atoms with Crippen molar-refractivity contribution >= 4 is 11.6 Å². The summed E-state index contributed by atoms with van der Waals surface area (Å²) in [5.41, 5.74) is 0.679. The lowest BCUT2D eigenvalue weighted by molar-refractivity contribution is -0.118. The van der Waals surface area contributed by atoms with Crippen molar-refractivity contribution in [2.45, 2.75) is 13.8 Å². The molecule has 0 aliphatic heterocycles. The minimum atomic E-state index is -0.269. The average molecular weight is 276 g/mol. The van der Waals surface area contributed by atoms with Gasteiger partial charge >= 0.3 is 0 Å². The van der Waals surface area contributed by atoms with Crippen molar-refractivity contribution in [1.82, 2.24) is 5.16 Å². The average Bonchev–Trinajstić information content (AvgIpc) is 2.85. The molecule has 1 aromatic carbocycles. The molecule has 1 heterocycles. The predicted molar refractivity (Wildman–Crippen MR) is 73.0 cm³/mol. The van der Waals surface area contributed by atoms with Crippen molar-refractivity contribution in [1.29, 1.82) is 0 Å². The number of hydrogen-bond donors (Lipinski definition) is 1. The second-order valence-electron chi connectivity index (χ2n) is 4.07. The normalized spacial score (nSPS) is 10.1. The molecule has 20 heavy (non-hydrogen) atoms. The fraction of sp³-hybridized carbons (Fsp3) is 0.286. The highest BCUT2D eigenvalue weighted by Crippen LogP contribution is 2.15. The maximum atomic E-state index is 11.7. The van der Waals surface area contributed by atoms with E-state index in [1.807, 2.05) is 6.92 Å². The van der Waals surface area contributed by atoms with E-state index in [4.69, 9.17) is 14.0 Å². The highest BCUT2D eigenvalue weighted by atomic mass is 16.5. The zero-order valence-corrected chi connectivity index (χ0v) is 11.4. The molecule has 0 spiro atoms. The number of benzene rings is 1. The first-order valence-corrected chi connectivity index (χ1v) is 6.26. The third-order valence-corrected chi connectivity index (χ3v) is 2.41. The summed E-state index contributed by atoms with van der Waals surface area (Å²) in [5, 5.41) is 6.34. The molecule has 0 saturated heterocycles. The van der Waals surface area contributed by atoms with Crippen molar-refractivity contribution in [3.05, 3.63) is 36.1 Å². The Labute approximate surface area is 116 Å². The number of aryl methyl sites for hydroxylation is 1. The van der Waals surface area contributed by atoms with E-state index in [9.17, 15) is 4.79 Å². The molecular formula is C14H16N2O4. The van der Waals surface area contributed by atoms with E-state index < -0.39 is 0 Å². The largest absolute Gasteiger partial charge is 0.494 e. The number of carbonyl (C=O) groups is 1. The third kappa shape index (κ3) is 4.01. The van der Waals surface area contributed by atoms with Gasteiger partial charge in [0.1, 0.15) is 11.5 Å². The van der Waals surface area contributed by atoms with Crippen LogP contribution in [-0.2, 0) is 4.79 Å². The van der Waals surface area contributed by atoms with E-state index in [1.54, 1.807) is 37.3 Å². The van der Waals surface area contributed by atoms with Crippen molar-refractivity contribution in [2.24, 2.45) is 0 Å². The number of anilines is 1. The van der Waals surface area contributed by atoms with E-state index in [-0.39, 0.29) is 12.5 Å². The van der Waals surface area contributed by atoms with Gasteiger partial charge in [0.05, 0.1) is 6.61 Å². The summed E-state index contributed by atoms with van der Waals surface area (Å²) in [6.07, 6.45) is 0. The van der Waals surface area contributed by atoms with Crippen LogP contribution in [0.1, 0.15) is 12.7 Å². The van der Waals surface area contributed by atoms with Gasteiger partial charge in [-0.2, -0.15) is 0 Å². The molecule has 6 heteroatoms. The van der Waals surface area contributed by atoms with E-state index in [2.05, 4.69) is 10.5 Å². The van der Waals surface area contributed by atoms with Gasteiger partial charge in [0, 0.05) is 11.8 Å². The van der Waals surface area contributed by atoms with Crippen molar-refractivity contribution < 1.29 is 18.8 Å². The standard InChI is InChI=1S/C14H16N2O4/c1-3-18-12-6-4-11(5-7-12)15-13(17)9-19-14-8-10(2)20-16-14/h4-8H,3,9H2,1-2H3,(H,15,17). The summed E-state index contributed by atoms with van der Waals surface area (Å²) in [6, 6.07) is 8.73. The summed E-state index contributed by atoms with van der Waals surface area (Å²) in [5.74, 6) is 1.42. The first-order valence-electron chi connectivity index (χ1n) is 6.26. The Balaban J connectivity index is 1.81. The number of nitrogens with zero attached hydrogens (tertiary/aromatic N) is 1. The number of ether oxygens (including phenoxy) is 2. The van der Waals surface area contributed by atoms with Gasteiger partial charge in [0.15, 0.2) is 6.61 Å². The molecule has 0 fully saturated rings. The quantitative estimate of drug-likeness (QED) is 0.877. The molecule has 0 aliphatic carbocycles. The minimum absolute atomic E-state index is 0.126. The Morgan fingerprint density at radius 2 is 2.05 bits per heavy atom. The fourth-order valence-corrected chi connectivity index (χ4v) is 1.55. The molecule has 106 valence electrons. The lowest BCUT2D eigenvalue weighted by Crippen LogP contribution is -2.20. The van der Waals surface area contributed by atoms with Crippen molar-refractivity contribution in [3.8, 4) is 11.6 Å². The number of aromatic nitrogens is 1. The summed E-state index contributed by atoms with van der Waals surface area (Å²) >= 11 is 0. The van der Waals surface area contributed by atoms with Gasteiger partial charge in [-0.1, -0.05) is 0 Å². The SMILES string of the molecule is CCOc1ccc(NC(=O)COc2cc(C)on2)cc1. The van der Waals surface area contributed by atoms with Crippen LogP contribution < -0.4 is 14.8 Å². The molecule has 0 unspecified atom stereocenters. The van der Waals surface area contributed by atoms with Gasteiger partial charge in [-0.25, -0.2) is 0 Å². The van der Waals surface area contributed by atoms with Gasteiger partial charge in [-0.3, -0.25) is 4.79 Å². The highest BCUT2D eigenvalue weighted by Gasteiger charge is 2.06. The fourth-order valence-electron chi connectivity index (χ4n) is 1.55. The van der Waals surface area contributed by atoms with Gasteiger partial charge in [0.25, 0.3) is 11.8 Å². The van der Waals surface area contributed by atoms with Crippen LogP contribution in [0.3, 0.4) is 0 Å². The maximum absolute atomic E-state index is 11.7. The lowest BCUT2D eigenvalue weighted by atomic mass is 10.3.